The summed E-state index contributed by atoms with van der Waals surface area (Å²) in [4.78, 5) is 37.3. The van der Waals surface area contributed by atoms with Crippen molar-refractivity contribution in [3.05, 3.63) is 68.7 Å². The topological polar surface area (TPSA) is 104 Å². The summed E-state index contributed by atoms with van der Waals surface area (Å²) in [5.41, 5.74) is 0.394. The lowest BCUT2D eigenvalue weighted by Crippen LogP contribution is -2.13. The van der Waals surface area contributed by atoms with Gasteiger partial charge in [0.25, 0.3) is 5.91 Å². The molecule has 11 heteroatoms. The molecule has 0 radical (unpaired) electrons. The monoisotopic (exact) mass is 495 g/mol. The fraction of sp³-hybridized carbons (Fsp3) is 0.227. The van der Waals surface area contributed by atoms with E-state index in [0.29, 0.717) is 11.3 Å². The smallest absolute Gasteiger partial charge is 0.348 e. The Morgan fingerprint density at radius 2 is 1.94 bits per heavy atom. The molecule has 0 unspecified atom stereocenters. The van der Waals surface area contributed by atoms with E-state index in [9.17, 15) is 18.8 Å². The predicted octanol–water partition coefficient (Wildman–Crippen LogP) is 5.24. The van der Waals surface area contributed by atoms with Crippen molar-refractivity contribution in [1.82, 2.24) is 0 Å². The van der Waals surface area contributed by atoms with Gasteiger partial charge in [0.05, 0.1) is 24.3 Å². The van der Waals surface area contributed by atoms with Crippen LogP contribution in [0.25, 0.3) is 0 Å². The van der Waals surface area contributed by atoms with Crippen LogP contribution in [0, 0.1) is 12.7 Å². The average Bonchev–Trinajstić information content (AvgIpc) is 3.37. The molecule has 2 heterocycles. The molecular formula is C22H19ClFNO7S. The Morgan fingerprint density at radius 3 is 2.61 bits per heavy atom. The van der Waals surface area contributed by atoms with Crippen LogP contribution in [0.5, 0.6) is 5.75 Å². The molecule has 0 aliphatic carbocycles. The third kappa shape index (κ3) is 5.52. The van der Waals surface area contributed by atoms with Crippen molar-refractivity contribution in [3.8, 4) is 5.75 Å². The number of nitrogens with one attached hydrogen (secondary N) is 1. The van der Waals surface area contributed by atoms with E-state index in [-0.39, 0.29) is 45.2 Å². The number of furan rings is 1. The molecule has 1 N–H and O–H groups in total. The van der Waals surface area contributed by atoms with E-state index in [0.717, 1.165) is 17.4 Å². The van der Waals surface area contributed by atoms with E-state index in [2.05, 4.69) is 5.32 Å². The first kappa shape index (κ1) is 24.3. The highest BCUT2D eigenvalue weighted by Gasteiger charge is 2.27. The van der Waals surface area contributed by atoms with Gasteiger partial charge >= 0.3 is 11.9 Å². The van der Waals surface area contributed by atoms with Gasteiger partial charge in [-0.1, -0.05) is 11.6 Å². The molecule has 0 spiro atoms. The van der Waals surface area contributed by atoms with Crippen LogP contribution in [0.4, 0.5) is 9.39 Å². The minimum atomic E-state index is -0.709. The van der Waals surface area contributed by atoms with Crippen molar-refractivity contribution >= 4 is 45.8 Å². The molecule has 8 nitrogen and oxygen atoms in total. The summed E-state index contributed by atoms with van der Waals surface area (Å²) >= 11 is 6.82. The fourth-order valence-corrected chi connectivity index (χ4v) is 4.13. The van der Waals surface area contributed by atoms with Gasteiger partial charge < -0.3 is 23.9 Å². The lowest BCUT2D eigenvalue weighted by atomic mass is 10.1. The SMILES string of the molecule is CCOC(=O)c1sc(NC(=O)c2ccc(COc3ccc(F)cc3Cl)o2)c(C(=O)OC)c1C. The summed E-state index contributed by atoms with van der Waals surface area (Å²) in [7, 11) is 1.20. The Balaban J connectivity index is 1.76. The van der Waals surface area contributed by atoms with Gasteiger partial charge in [-0.2, -0.15) is 0 Å². The average molecular weight is 496 g/mol. The number of anilines is 1. The maximum atomic E-state index is 13.1. The third-order valence-corrected chi connectivity index (χ3v) is 5.86. The van der Waals surface area contributed by atoms with E-state index < -0.39 is 23.7 Å². The van der Waals surface area contributed by atoms with Crippen LogP contribution in [-0.2, 0) is 16.1 Å². The highest BCUT2D eigenvalue weighted by atomic mass is 35.5. The minimum Gasteiger partial charge on any atom is -0.484 e. The van der Waals surface area contributed by atoms with Crippen molar-refractivity contribution in [2.75, 3.05) is 19.0 Å². The van der Waals surface area contributed by atoms with E-state index in [1.807, 2.05) is 0 Å². The van der Waals surface area contributed by atoms with Crippen LogP contribution in [-0.4, -0.2) is 31.6 Å². The number of amides is 1. The summed E-state index contributed by atoms with van der Waals surface area (Å²) < 4.78 is 33.9. The summed E-state index contributed by atoms with van der Waals surface area (Å²) in [5.74, 6) is -1.96. The third-order valence-electron chi connectivity index (χ3n) is 4.37. The Labute approximate surface area is 197 Å². The summed E-state index contributed by atoms with van der Waals surface area (Å²) in [6.45, 7) is 3.32. The molecule has 0 fully saturated rings. The molecule has 0 aliphatic heterocycles. The number of hydrogen-bond donors (Lipinski definition) is 1. The second-order valence-electron chi connectivity index (χ2n) is 6.56. The van der Waals surface area contributed by atoms with E-state index >= 15 is 0 Å². The largest absolute Gasteiger partial charge is 0.484 e. The number of rotatable bonds is 8. The molecule has 2 aromatic heterocycles. The molecule has 3 rings (SSSR count). The lowest BCUT2D eigenvalue weighted by molar-refractivity contribution is 0.0531. The van der Waals surface area contributed by atoms with Crippen molar-refractivity contribution < 1.29 is 37.4 Å². The number of ether oxygens (including phenoxy) is 3. The minimum absolute atomic E-state index is 0.0555. The van der Waals surface area contributed by atoms with Gasteiger partial charge in [-0.15, -0.1) is 11.3 Å². The normalized spacial score (nSPS) is 10.6. The molecule has 0 atom stereocenters. The maximum absolute atomic E-state index is 13.1. The standard InChI is InChI=1S/C22H19ClFNO7S/c1-4-30-22(28)18-11(2)17(21(27)29-3)20(33-18)25-19(26)16-8-6-13(32-16)10-31-15-7-5-12(24)9-14(15)23/h5-9H,4,10H2,1-3H3,(H,25,26). The van der Waals surface area contributed by atoms with Gasteiger partial charge in [0.1, 0.15) is 33.8 Å². The maximum Gasteiger partial charge on any atom is 0.348 e. The summed E-state index contributed by atoms with van der Waals surface area (Å²) in [5, 5.41) is 2.80. The number of methoxy groups -OCH3 is 1. The molecular weight excluding hydrogens is 477 g/mol. The summed E-state index contributed by atoms with van der Waals surface area (Å²) in [6.07, 6.45) is 0. The van der Waals surface area contributed by atoms with Crippen LogP contribution in [0.15, 0.2) is 34.7 Å². The van der Waals surface area contributed by atoms with Crippen molar-refractivity contribution in [2.45, 2.75) is 20.5 Å². The number of carbonyl (C=O) groups is 3. The van der Waals surface area contributed by atoms with Crippen molar-refractivity contribution in [2.24, 2.45) is 0 Å². The van der Waals surface area contributed by atoms with Crippen LogP contribution >= 0.6 is 22.9 Å². The molecule has 1 aromatic carbocycles. The molecule has 174 valence electrons. The quantitative estimate of drug-likeness (QED) is 0.426. The van der Waals surface area contributed by atoms with Gasteiger partial charge in [0.2, 0.25) is 0 Å². The first-order chi connectivity index (χ1) is 15.7. The highest BCUT2D eigenvalue weighted by molar-refractivity contribution is 7.18. The van der Waals surface area contributed by atoms with Crippen molar-refractivity contribution in [1.29, 1.82) is 0 Å². The first-order valence-electron chi connectivity index (χ1n) is 9.61. The van der Waals surface area contributed by atoms with Gasteiger partial charge in [0, 0.05) is 0 Å². The van der Waals surface area contributed by atoms with E-state index in [1.54, 1.807) is 13.8 Å². The van der Waals surface area contributed by atoms with Crippen LogP contribution in [0.3, 0.4) is 0 Å². The number of halogens is 2. The fourth-order valence-electron chi connectivity index (χ4n) is 2.82. The number of carbonyl (C=O) groups excluding carboxylic acids is 3. The van der Waals surface area contributed by atoms with Gasteiger partial charge in [0.15, 0.2) is 5.76 Å². The molecule has 0 bridgehead atoms. The zero-order valence-electron chi connectivity index (χ0n) is 17.8. The number of benzene rings is 1. The Morgan fingerprint density at radius 1 is 1.18 bits per heavy atom. The van der Waals surface area contributed by atoms with Crippen molar-refractivity contribution in [3.63, 3.8) is 0 Å². The molecule has 1 amide bonds. The molecule has 3 aromatic rings. The summed E-state index contributed by atoms with van der Waals surface area (Å²) in [6, 6.07) is 6.64. The molecule has 33 heavy (non-hydrogen) atoms. The zero-order valence-corrected chi connectivity index (χ0v) is 19.4. The van der Waals surface area contributed by atoms with Gasteiger partial charge in [-0.05, 0) is 49.7 Å². The Bertz CT molecular complexity index is 1200. The zero-order chi connectivity index (χ0) is 24.1. The highest BCUT2D eigenvalue weighted by Crippen LogP contribution is 2.34. The lowest BCUT2D eigenvalue weighted by Gasteiger charge is -2.06. The second-order valence-corrected chi connectivity index (χ2v) is 7.98. The molecule has 0 saturated heterocycles. The number of esters is 2. The molecule has 0 aliphatic rings. The van der Waals surface area contributed by atoms with Crippen LogP contribution < -0.4 is 10.1 Å². The van der Waals surface area contributed by atoms with E-state index in [4.69, 9.17) is 30.2 Å². The second kappa shape index (κ2) is 10.5. The number of thiophene rings is 1. The van der Waals surface area contributed by atoms with Crippen LogP contribution in [0.2, 0.25) is 5.02 Å². The Kier molecular flexibility index (Phi) is 7.72. The Hall–Kier alpha value is -3.37. The van der Waals surface area contributed by atoms with Gasteiger partial charge in [-0.3, -0.25) is 4.79 Å². The van der Waals surface area contributed by atoms with E-state index in [1.165, 1.54) is 31.4 Å². The first-order valence-corrected chi connectivity index (χ1v) is 10.8. The number of hydrogen-bond acceptors (Lipinski definition) is 8. The van der Waals surface area contributed by atoms with Crippen LogP contribution in [0.1, 0.15) is 48.8 Å². The van der Waals surface area contributed by atoms with Gasteiger partial charge in [-0.25, -0.2) is 14.0 Å². The molecule has 0 saturated carbocycles. The predicted molar refractivity (Wildman–Crippen MR) is 119 cm³/mol.